The van der Waals surface area contributed by atoms with Crippen molar-refractivity contribution in [1.82, 2.24) is 0 Å². The van der Waals surface area contributed by atoms with E-state index in [4.69, 9.17) is 14.2 Å². The second kappa shape index (κ2) is 54.9. The third-order valence-corrected chi connectivity index (χ3v) is 11.5. The lowest BCUT2D eigenvalue weighted by Gasteiger charge is -2.18. The van der Waals surface area contributed by atoms with Gasteiger partial charge in [-0.15, -0.1) is 0 Å². The van der Waals surface area contributed by atoms with Crippen molar-refractivity contribution in [2.75, 3.05) is 13.2 Å². The van der Waals surface area contributed by atoms with Crippen molar-refractivity contribution in [2.45, 2.75) is 258 Å². The van der Waals surface area contributed by atoms with E-state index in [2.05, 4.69) is 118 Å². The van der Waals surface area contributed by atoms with Crippen LogP contribution in [-0.2, 0) is 28.6 Å². The number of allylic oxidation sites excluding steroid dienone is 16. The van der Waals surface area contributed by atoms with Gasteiger partial charge in [0.05, 0.1) is 0 Å². The Morgan fingerprint density at radius 3 is 1.00 bits per heavy atom. The summed E-state index contributed by atoms with van der Waals surface area (Å²) in [6.07, 6.45) is 72.5. The number of hydrogen-bond donors (Lipinski definition) is 0. The van der Waals surface area contributed by atoms with E-state index in [1.54, 1.807) is 0 Å². The van der Waals surface area contributed by atoms with Gasteiger partial charge in [-0.05, 0) is 116 Å². The van der Waals surface area contributed by atoms with E-state index in [0.717, 1.165) is 96.3 Å². The van der Waals surface area contributed by atoms with Gasteiger partial charge >= 0.3 is 17.9 Å². The van der Waals surface area contributed by atoms with Crippen LogP contribution in [0.25, 0.3) is 0 Å². The lowest BCUT2D eigenvalue weighted by atomic mass is 10.1. The number of esters is 3. The first-order chi connectivity index (χ1) is 33.0. The molecule has 0 saturated heterocycles. The Labute approximate surface area is 413 Å². The molecule has 0 aromatic rings. The summed E-state index contributed by atoms with van der Waals surface area (Å²) < 4.78 is 16.8. The first-order valence-electron chi connectivity index (χ1n) is 27.7. The fraction of sp³-hybridized carbons (Fsp3) is 0.689. The van der Waals surface area contributed by atoms with Crippen LogP contribution >= 0.6 is 0 Å². The van der Waals surface area contributed by atoms with Crippen LogP contribution in [0.4, 0.5) is 0 Å². The quantitative estimate of drug-likeness (QED) is 0.0262. The normalized spacial score (nSPS) is 12.8. The first-order valence-corrected chi connectivity index (χ1v) is 27.7. The van der Waals surface area contributed by atoms with Gasteiger partial charge in [0.1, 0.15) is 13.2 Å². The molecular formula is C61H102O6. The zero-order valence-corrected chi connectivity index (χ0v) is 43.6. The van der Waals surface area contributed by atoms with Crippen LogP contribution in [0.15, 0.2) is 97.2 Å². The van der Waals surface area contributed by atoms with Gasteiger partial charge in [0.15, 0.2) is 6.10 Å². The number of hydrogen-bond acceptors (Lipinski definition) is 6. The average molecular weight is 931 g/mol. The van der Waals surface area contributed by atoms with Gasteiger partial charge in [0.25, 0.3) is 0 Å². The Morgan fingerprint density at radius 2 is 0.597 bits per heavy atom. The third kappa shape index (κ3) is 53.2. The lowest BCUT2D eigenvalue weighted by molar-refractivity contribution is -0.167. The Morgan fingerprint density at radius 1 is 0.313 bits per heavy atom. The Bertz CT molecular complexity index is 1350. The summed E-state index contributed by atoms with van der Waals surface area (Å²) >= 11 is 0. The predicted molar refractivity (Wildman–Crippen MR) is 288 cm³/mol. The van der Waals surface area contributed by atoms with Gasteiger partial charge in [-0.1, -0.05) is 214 Å². The van der Waals surface area contributed by atoms with Gasteiger partial charge in [0.2, 0.25) is 0 Å². The molecule has 0 radical (unpaired) electrons. The lowest BCUT2D eigenvalue weighted by Crippen LogP contribution is -2.30. The molecule has 0 saturated carbocycles. The number of carbonyl (C=O) groups excluding carboxylic acids is 3. The Hall–Kier alpha value is -3.67. The number of ether oxygens (including phenoxy) is 3. The molecule has 6 nitrogen and oxygen atoms in total. The van der Waals surface area contributed by atoms with Gasteiger partial charge < -0.3 is 14.2 Å². The summed E-state index contributed by atoms with van der Waals surface area (Å²) in [5.41, 5.74) is 0. The molecule has 1 atom stereocenters. The SMILES string of the molecule is CC/C=C\C/C=C\C/C=C\C/C=C\CCCCCCC(=O)OC[C@H](COC(=O)CCC/C=C\C/C=C\C/C=C\CCCCCCCC)OC(=O)CCCCCCCCC/C=C\CCCCCC. The van der Waals surface area contributed by atoms with E-state index in [-0.39, 0.29) is 37.5 Å². The smallest absolute Gasteiger partial charge is 0.306 e. The fourth-order valence-corrected chi connectivity index (χ4v) is 7.38. The van der Waals surface area contributed by atoms with E-state index in [1.165, 1.54) is 109 Å². The minimum absolute atomic E-state index is 0.108. The minimum atomic E-state index is -0.811. The monoisotopic (exact) mass is 931 g/mol. The molecule has 0 fully saturated rings. The molecule has 382 valence electrons. The number of unbranched alkanes of at least 4 members (excludes halogenated alkanes) is 22. The molecule has 0 unspecified atom stereocenters. The molecule has 6 heteroatoms. The van der Waals surface area contributed by atoms with Gasteiger partial charge in [-0.3, -0.25) is 14.4 Å². The van der Waals surface area contributed by atoms with E-state index in [9.17, 15) is 14.4 Å². The zero-order valence-electron chi connectivity index (χ0n) is 43.6. The molecule has 67 heavy (non-hydrogen) atoms. The van der Waals surface area contributed by atoms with Crippen molar-refractivity contribution < 1.29 is 28.6 Å². The van der Waals surface area contributed by atoms with E-state index >= 15 is 0 Å². The zero-order chi connectivity index (χ0) is 48.6. The topological polar surface area (TPSA) is 78.9 Å². The molecule has 0 aliphatic heterocycles. The highest BCUT2D eigenvalue weighted by Crippen LogP contribution is 2.14. The van der Waals surface area contributed by atoms with Crippen molar-refractivity contribution in [2.24, 2.45) is 0 Å². The standard InChI is InChI=1S/C61H102O6/c1-4-7-10-13-16-19-22-25-28-30-33-35-38-41-44-47-50-53-59(62)65-56-58(67-61(64)55-52-49-46-43-40-37-32-27-24-21-18-15-12-9-6-3)57-66-60(63)54-51-48-45-42-39-36-34-31-29-26-23-20-17-14-11-8-5-2/h7,10,16,19,21,24-26,28-29,33-36,42,45,58H,4-6,8-9,11-15,17-18,20,22-23,27,30-32,37-41,43-44,46-57H2,1-3H3/b10-7-,19-16-,24-21-,28-25-,29-26-,35-33-,36-34-,45-42-/t58-/m1/s1. The van der Waals surface area contributed by atoms with Gasteiger partial charge in [0, 0.05) is 19.3 Å². The molecule has 0 amide bonds. The van der Waals surface area contributed by atoms with Crippen LogP contribution in [0, 0.1) is 0 Å². The summed E-state index contributed by atoms with van der Waals surface area (Å²) in [7, 11) is 0. The molecule has 0 aromatic carbocycles. The highest BCUT2D eigenvalue weighted by Gasteiger charge is 2.19. The predicted octanol–water partition coefficient (Wildman–Crippen LogP) is 18.5. The maximum Gasteiger partial charge on any atom is 0.306 e. The summed E-state index contributed by atoms with van der Waals surface area (Å²) in [4.78, 5) is 38.1. The summed E-state index contributed by atoms with van der Waals surface area (Å²) in [5, 5.41) is 0. The number of rotatable bonds is 49. The largest absolute Gasteiger partial charge is 0.462 e. The van der Waals surface area contributed by atoms with Crippen molar-refractivity contribution >= 4 is 17.9 Å². The summed E-state index contributed by atoms with van der Waals surface area (Å²) in [6, 6.07) is 0. The van der Waals surface area contributed by atoms with Gasteiger partial charge in [-0.25, -0.2) is 0 Å². The van der Waals surface area contributed by atoms with Crippen LogP contribution in [0.2, 0.25) is 0 Å². The summed E-state index contributed by atoms with van der Waals surface area (Å²) in [6.45, 7) is 6.44. The Balaban J connectivity index is 4.51. The second-order valence-corrected chi connectivity index (χ2v) is 18.1. The fourth-order valence-electron chi connectivity index (χ4n) is 7.38. The molecule has 0 N–H and O–H groups in total. The molecule has 0 aromatic heterocycles. The van der Waals surface area contributed by atoms with Crippen LogP contribution < -0.4 is 0 Å². The molecule has 0 heterocycles. The molecule has 0 bridgehead atoms. The van der Waals surface area contributed by atoms with Crippen molar-refractivity contribution in [1.29, 1.82) is 0 Å². The molecular weight excluding hydrogens is 829 g/mol. The van der Waals surface area contributed by atoms with Crippen molar-refractivity contribution in [3.63, 3.8) is 0 Å². The molecule has 0 aliphatic carbocycles. The third-order valence-electron chi connectivity index (χ3n) is 11.5. The van der Waals surface area contributed by atoms with Crippen molar-refractivity contribution in [3.05, 3.63) is 97.2 Å². The second-order valence-electron chi connectivity index (χ2n) is 18.1. The van der Waals surface area contributed by atoms with E-state index in [1.807, 2.05) is 0 Å². The van der Waals surface area contributed by atoms with E-state index < -0.39 is 6.10 Å². The molecule has 0 rings (SSSR count). The van der Waals surface area contributed by atoms with Crippen molar-refractivity contribution in [3.8, 4) is 0 Å². The Kier molecular flexibility index (Phi) is 51.9. The minimum Gasteiger partial charge on any atom is -0.462 e. The van der Waals surface area contributed by atoms with E-state index in [0.29, 0.717) is 19.3 Å². The summed E-state index contributed by atoms with van der Waals surface area (Å²) in [5.74, 6) is -0.987. The highest BCUT2D eigenvalue weighted by atomic mass is 16.6. The van der Waals surface area contributed by atoms with Crippen LogP contribution in [0.5, 0.6) is 0 Å². The maximum atomic E-state index is 12.8. The highest BCUT2D eigenvalue weighted by molar-refractivity contribution is 5.71. The maximum absolute atomic E-state index is 12.8. The first kappa shape index (κ1) is 63.3. The number of carbonyl (C=O) groups is 3. The van der Waals surface area contributed by atoms with Gasteiger partial charge in [-0.2, -0.15) is 0 Å². The van der Waals surface area contributed by atoms with Crippen LogP contribution in [0.1, 0.15) is 252 Å². The van der Waals surface area contributed by atoms with Crippen LogP contribution in [-0.4, -0.2) is 37.2 Å². The van der Waals surface area contributed by atoms with Crippen LogP contribution in [0.3, 0.4) is 0 Å². The average Bonchev–Trinajstić information content (AvgIpc) is 3.33. The molecule has 0 aliphatic rings. The molecule has 0 spiro atoms.